The van der Waals surface area contributed by atoms with Gasteiger partial charge < -0.3 is 24.8 Å². The highest BCUT2D eigenvalue weighted by Gasteiger charge is 2.51. The molecular formula is C20H26N6O3. The van der Waals surface area contributed by atoms with Crippen molar-refractivity contribution in [3.63, 3.8) is 0 Å². The predicted octanol–water partition coefficient (Wildman–Crippen LogP) is 1.61. The van der Waals surface area contributed by atoms with Crippen LogP contribution in [0.25, 0.3) is 0 Å². The second-order valence-electron chi connectivity index (χ2n) is 7.26. The molecule has 2 unspecified atom stereocenters. The van der Waals surface area contributed by atoms with Crippen LogP contribution in [-0.4, -0.2) is 71.5 Å². The van der Waals surface area contributed by atoms with Crippen molar-refractivity contribution in [3.8, 4) is 5.75 Å². The van der Waals surface area contributed by atoms with Crippen molar-refractivity contribution in [1.29, 1.82) is 0 Å². The third-order valence-electron chi connectivity index (χ3n) is 5.32. The van der Waals surface area contributed by atoms with E-state index in [1.165, 1.54) is 4.90 Å². The van der Waals surface area contributed by atoms with Crippen molar-refractivity contribution in [2.45, 2.75) is 32.5 Å². The Hall–Kier alpha value is -3.23. The Labute approximate surface area is 170 Å². The van der Waals surface area contributed by atoms with Crippen LogP contribution in [-0.2, 0) is 4.79 Å². The lowest BCUT2D eigenvalue weighted by Crippen LogP contribution is -2.62. The molecule has 2 N–H and O–H groups in total. The molecule has 0 spiro atoms. The number of hydrogen-bond acceptors (Lipinski definition) is 7. The van der Waals surface area contributed by atoms with Gasteiger partial charge in [0.25, 0.3) is 5.91 Å². The van der Waals surface area contributed by atoms with Crippen molar-refractivity contribution in [1.82, 2.24) is 20.0 Å². The van der Waals surface area contributed by atoms with Crippen LogP contribution >= 0.6 is 0 Å². The molecule has 3 aliphatic heterocycles. The lowest BCUT2D eigenvalue weighted by atomic mass is 10.1. The lowest BCUT2D eigenvalue weighted by Gasteiger charge is -2.34. The second kappa shape index (κ2) is 7.65. The van der Waals surface area contributed by atoms with Gasteiger partial charge in [-0.05, 0) is 44.5 Å². The number of aliphatic imine (C=N–C) groups is 1. The van der Waals surface area contributed by atoms with E-state index in [1.54, 1.807) is 7.05 Å². The minimum atomic E-state index is -0.505. The van der Waals surface area contributed by atoms with Crippen LogP contribution in [0.1, 0.15) is 20.3 Å². The van der Waals surface area contributed by atoms with Crippen molar-refractivity contribution in [2.24, 2.45) is 4.99 Å². The molecule has 9 nitrogen and oxygen atoms in total. The summed E-state index contributed by atoms with van der Waals surface area (Å²) in [6, 6.07) is 7.00. The maximum absolute atomic E-state index is 12.3. The zero-order chi connectivity index (χ0) is 20.5. The summed E-state index contributed by atoms with van der Waals surface area (Å²) in [6.45, 7) is 6.19. The van der Waals surface area contributed by atoms with E-state index in [0.717, 1.165) is 42.6 Å². The molecule has 1 saturated heterocycles. The zero-order valence-electron chi connectivity index (χ0n) is 16.9. The Morgan fingerprint density at radius 1 is 1.24 bits per heavy atom. The molecule has 2 atom stereocenters. The summed E-state index contributed by atoms with van der Waals surface area (Å²) < 4.78 is 5.46. The number of rotatable bonds is 7. The number of amides is 3. The maximum atomic E-state index is 12.3. The molecule has 0 saturated carbocycles. The van der Waals surface area contributed by atoms with E-state index in [4.69, 9.17) is 4.74 Å². The first-order valence-electron chi connectivity index (χ1n) is 9.86. The van der Waals surface area contributed by atoms with Gasteiger partial charge in [0.1, 0.15) is 5.75 Å². The van der Waals surface area contributed by atoms with Crippen LogP contribution in [0.2, 0.25) is 0 Å². The van der Waals surface area contributed by atoms with Crippen molar-refractivity contribution >= 4 is 23.6 Å². The number of nitrogens with zero attached hydrogens (tertiary/aromatic N) is 4. The van der Waals surface area contributed by atoms with Gasteiger partial charge in [-0.2, -0.15) is 0 Å². The Kier molecular flexibility index (Phi) is 5.04. The van der Waals surface area contributed by atoms with Gasteiger partial charge in [-0.25, -0.2) is 9.79 Å². The Balaban J connectivity index is 1.34. The van der Waals surface area contributed by atoms with E-state index in [9.17, 15) is 9.59 Å². The fourth-order valence-corrected chi connectivity index (χ4v) is 3.83. The highest BCUT2D eigenvalue weighted by atomic mass is 16.5. The number of urea groups is 1. The number of ether oxygens (including phenoxy) is 1. The number of anilines is 1. The van der Waals surface area contributed by atoms with Crippen molar-refractivity contribution in [2.75, 3.05) is 32.1 Å². The van der Waals surface area contributed by atoms with Crippen LogP contribution in [0.5, 0.6) is 5.75 Å². The number of guanidine groups is 1. The molecule has 3 aliphatic rings. The average Bonchev–Trinajstić information content (AvgIpc) is 3.20. The number of fused-ring (bicyclic) bond motifs is 3. The van der Waals surface area contributed by atoms with Crippen molar-refractivity contribution < 1.29 is 14.3 Å². The molecule has 0 radical (unpaired) electrons. The summed E-state index contributed by atoms with van der Waals surface area (Å²) in [6.07, 6.45) is 2.34. The fourth-order valence-electron chi connectivity index (χ4n) is 3.83. The summed E-state index contributed by atoms with van der Waals surface area (Å²) in [7, 11) is 1.66. The van der Waals surface area contributed by atoms with Crippen LogP contribution in [0.4, 0.5) is 10.5 Å². The molecular weight excluding hydrogens is 372 g/mol. The van der Waals surface area contributed by atoms with E-state index < -0.39 is 18.2 Å². The molecule has 154 valence electrons. The van der Waals surface area contributed by atoms with Gasteiger partial charge >= 0.3 is 6.03 Å². The van der Waals surface area contributed by atoms with Gasteiger partial charge in [0, 0.05) is 37.7 Å². The van der Waals surface area contributed by atoms with Crippen molar-refractivity contribution in [3.05, 3.63) is 36.2 Å². The number of carbonyl (C=O) groups is 2. The maximum Gasteiger partial charge on any atom is 0.325 e. The Morgan fingerprint density at radius 2 is 2.00 bits per heavy atom. The number of allylic oxidation sites excluding steroid dienone is 1. The fraction of sp³-hybridized carbons (Fsp3) is 0.450. The summed E-state index contributed by atoms with van der Waals surface area (Å²) in [4.78, 5) is 34.3. The first-order valence-corrected chi connectivity index (χ1v) is 9.86. The average molecular weight is 398 g/mol. The smallest absolute Gasteiger partial charge is 0.325 e. The summed E-state index contributed by atoms with van der Waals surface area (Å²) >= 11 is 0. The summed E-state index contributed by atoms with van der Waals surface area (Å²) in [5.41, 5.74) is 2.08. The first-order chi connectivity index (χ1) is 14.0. The van der Waals surface area contributed by atoms with E-state index in [1.807, 2.05) is 49.2 Å². The number of carbonyl (C=O) groups excluding carboxylic acids is 2. The van der Waals surface area contributed by atoms with Gasteiger partial charge in [0.05, 0.1) is 6.61 Å². The van der Waals surface area contributed by atoms with Gasteiger partial charge in [-0.3, -0.25) is 10.1 Å². The largest absolute Gasteiger partial charge is 0.494 e. The van der Waals surface area contributed by atoms with Gasteiger partial charge in [-0.1, -0.05) is 0 Å². The lowest BCUT2D eigenvalue weighted by molar-refractivity contribution is -0.126. The SMILES string of the molecule is CCOc1ccc(NCCCN2C(C)=CN3C2=NC2C3C(=O)NC(=O)N2C)cc1. The van der Waals surface area contributed by atoms with Crippen LogP contribution in [0.3, 0.4) is 0 Å². The third kappa shape index (κ3) is 3.48. The highest BCUT2D eigenvalue weighted by molar-refractivity contribution is 6.04. The number of benzene rings is 1. The molecule has 0 aromatic heterocycles. The monoisotopic (exact) mass is 398 g/mol. The minimum absolute atomic E-state index is 0.306. The summed E-state index contributed by atoms with van der Waals surface area (Å²) in [5.74, 6) is 1.29. The van der Waals surface area contributed by atoms with E-state index >= 15 is 0 Å². The molecule has 1 aromatic carbocycles. The van der Waals surface area contributed by atoms with Gasteiger partial charge in [0.2, 0.25) is 5.96 Å². The molecule has 3 amide bonds. The molecule has 0 aliphatic carbocycles. The zero-order valence-corrected chi connectivity index (χ0v) is 16.9. The molecule has 29 heavy (non-hydrogen) atoms. The van der Waals surface area contributed by atoms with E-state index in [0.29, 0.717) is 6.61 Å². The van der Waals surface area contributed by atoms with Crippen LogP contribution in [0.15, 0.2) is 41.2 Å². The number of imide groups is 1. The summed E-state index contributed by atoms with van der Waals surface area (Å²) in [5, 5.41) is 5.80. The topological polar surface area (TPSA) is 89.5 Å². The van der Waals surface area contributed by atoms with Gasteiger partial charge in [-0.15, -0.1) is 0 Å². The molecule has 4 rings (SSSR count). The van der Waals surface area contributed by atoms with Crippen LogP contribution in [0, 0.1) is 0 Å². The number of likely N-dealkylation sites (N-methyl/N-ethyl adjacent to an activating group) is 1. The number of hydrogen-bond donors (Lipinski definition) is 2. The standard InChI is InChI=1S/C20H26N6O3/c1-4-29-15-8-6-14(7-9-15)21-10-5-11-25-13(2)12-26-16-17(22-19(25)26)24(3)20(28)23-18(16)27/h6-9,12,16-17,21H,4-5,10-11H2,1-3H3,(H,23,27,28). The van der Waals surface area contributed by atoms with E-state index in [2.05, 4.69) is 20.5 Å². The van der Waals surface area contributed by atoms with Gasteiger partial charge in [0.15, 0.2) is 12.2 Å². The first kappa shape index (κ1) is 19.1. The van der Waals surface area contributed by atoms with E-state index in [-0.39, 0.29) is 5.91 Å². The second-order valence-corrected chi connectivity index (χ2v) is 7.26. The minimum Gasteiger partial charge on any atom is -0.494 e. The molecule has 1 fully saturated rings. The Morgan fingerprint density at radius 3 is 2.72 bits per heavy atom. The molecule has 1 aromatic rings. The Bertz CT molecular complexity index is 865. The highest BCUT2D eigenvalue weighted by Crippen LogP contribution is 2.31. The third-order valence-corrected chi connectivity index (χ3v) is 5.32. The normalized spacial score (nSPS) is 22.8. The predicted molar refractivity (Wildman–Crippen MR) is 109 cm³/mol. The quantitative estimate of drug-likeness (QED) is 0.679. The molecule has 0 bridgehead atoms. The number of nitrogens with one attached hydrogen (secondary N) is 2. The molecule has 9 heteroatoms. The molecule has 3 heterocycles. The van der Waals surface area contributed by atoms with Crippen LogP contribution < -0.4 is 15.4 Å².